The molecule has 1 aromatic heterocycles. The van der Waals surface area contributed by atoms with E-state index in [1.54, 1.807) is 18.4 Å². The average Bonchev–Trinajstić information content (AvgIpc) is 3.06. The Balaban J connectivity index is 0.00000192. The van der Waals surface area contributed by atoms with E-state index in [9.17, 15) is 4.39 Å². The van der Waals surface area contributed by atoms with Crippen molar-refractivity contribution < 1.29 is 13.5 Å². The third kappa shape index (κ3) is 5.04. The minimum absolute atomic E-state index is 0. The van der Waals surface area contributed by atoms with Crippen LogP contribution in [0.15, 0.2) is 47.1 Å². The van der Waals surface area contributed by atoms with Gasteiger partial charge in [-0.1, -0.05) is 12.1 Å². The summed E-state index contributed by atoms with van der Waals surface area (Å²) < 4.78 is 24.3. The fraction of sp³-hybridized carbons (Fsp3) is 0.412. The topological polar surface area (TPSA) is 37.6 Å². The number of nitrogens with zero attached hydrogens (tertiary/aromatic N) is 1. The van der Waals surface area contributed by atoms with Crippen molar-refractivity contribution in [3.8, 4) is 0 Å². The Hall–Kier alpha value is -1.40. The number of hydrogen-bond donors (Lipinski definition) is 1. The van der Waals surface area contributed by atoms with Gasteiger partial charge in [0.1, 0.15) is 11.6 Å². The van der Waals surface area contributed by atoms with Gasteiger partial charge in [-0.3, -0.25) is 4.90 Å². The van der Waals surface area contributed by atoms with E-state index in [1.807, 2.05) is 18.2 Å². The van der Waals surface area contributed by atoms with Crippen LogP contribution in [-0.2, 0) is 11.3 Å². The molecule has 2 heterocycles. The monoisotopic (exact) mass is 340 g/mol. The summed E-state index contributed by atoms with van der Waals surface area (Å²) in [6.07, 6.45) is 1.67. The van der Waals surface area contributed by atoms with Crippen LogP contribution in [0.5, 0.6) is 0 Å². The van der Waals surface area contributed by atoms with E-state index in [1.165, 1.54) is 6.07 Å². The summed E-state index contributed by atoms with van der Waals surface area (Å²) in [5.74, 6) is 0.710. The lowest BCUT2D eigenvalue weighted by atomic mass is 10.0. The molecule has 1 aliphatic rings. The van der Waals surface area contributed by atoms with Gasteiger partial charge in [0.25, 0.3) is 0 Å². The molecular weight excluding hydrogens is 319 g/mol. The summed E-state index contributed by atoms with van der Waals surface area (Å²) >= 11 is 0. The first-order valence-corrected chi connectivity index (χ1v) is 7.63. The molecule has 3 rings (SSSR count). The molecule has 1 atom stereocenters. The zero-order valence-corrected chi connectivity index (χ0v) is 13.7. The first-order chi connectivity index (χ1) is 10.8. The molecule has 1 aliphatic heterocycles. The number of nitrogens with one attached hydrogen (secondary N) is 1. The van der Waals surface area contributed by atoms with Gasteiger partial charge in [-0.2, -0.15) is 0 Å². The van der Waals surface area contributed by atoms with E-state index < -0.39 is 0 Å². The van der Waals surface area contributed by atoms with Crippen molar-refractivity contribution >= 4 is 12.4 Å². The average molecular weight is 341 g/mol. The minimum Gasteiger partial charge on any atom is -0.468 e. The third-order valence-electron chi connectivity index (χ3n) is 3.94. The number of furan rings is 1. The highest BCUT2D eigenvalue weighted by Crippen LogP contribution is 2.22. The van der Waals surface area contributed by atoms with E-state index in [0.717, 1.165) is 44.2 Å². The Morgan fingerprint density at radius 2 is 2.00 bits per heavy atom. The van der Waals surface area contributed by atoms with Crippen LogP contribution in [0.25, 0.3) is 0 Å². The van der Waals surface area contributed by atoms with Crippen molar-refractivity contribution in [2.45, 2.75) is 12.6 Å². The molecule has 23 heavy (non-hydrogen) atoms. The quantitative estimate of drug-likeness (QED) is 0.877. The van der Waals surface area contributed by atoms with Crippen LogP contribution in [-0.4, -0.2) is 37.7 Å². The lowest BCUT2D eigenvalue weighted by Crippen LogP contribution is -2.42. The molecule has 1 saturated heterocycles. The van der Waals surface area contributed by atoms with Crippen LogP contribution in [0.4, 0.5) is 4.39 Å². The molecule has 0 spiro atoms. The van der Waals surface area contributed by atoms with Crippen molar-refractivity contribution in [3.05, 3.63) is 59.8 Å². The SMILES string of the molecule is Cl.Fc1cccc(C(CNCc2ccco2)N2CCOCC2)c1. The molecule has 1 fully saturated rings. The summed E-state index contributed by atoms with van der Waals surface area (Å²) in [6.45, 7) is 4.59. The molecule has 1 unspecified atom stereocenters. The minimum atomic E-state index is -0.193. The number of benzene rings is 1. The largest absolute Gasteiger partial charge is 0.468 e. The summed E-state index contributed by atoms with van der Waals surface area (Å²) in [4.78, 5) is 2.34. The molecule has 0 radical (unpaired) electrons. The van der Waals surface area contributed by atoms with Gasteiger partial charge in [0.05, 0.1) is 26.0 Å². The lowest BCUT2D eigenvalue weighted by molar-refractivity contribution is 0.0159. The van der Waals surface area contributed by atoms with E-state index in [-0.39, 0.29) is 24.3 Å². The first-order valence-electron chi connectivity index (χ1n) is 7.63. The molecule has 0 saturated carbocycles. The highest BCUT2D eigenvalue weighted by Gasteiger charge is 2.22. The van der Waals surface area contributed by atoms with Gasteiger partial charge in [0.2, 0.25) is 0 Å². The summed E-state index contributed by atoms with van der Waals surface area (Å²) in [5.41, 5.74) is 0.994. The Morgan fingerprint density at radius 1 is 1.17 bits per heavy atom. The summed E-state index contributed by atoms with van der Waals surface area (Å²) in [7, 11) is 0. The Labute approximate surface area is 142 Å². The second-order valence-corrected chi connectivity index (χ2v) is 5.43. The molecule has 0 aliphatic carbocycles. The summed E-state index contributed by atoms with van der Waals surface area (Å²) in [6, 6.07) is 10.8. The van der Waals surface area contributed by atoms with Crippen molar-refractivity contribution in [2.75, 3.05) is 32.8 Å². The molecule has 1 aromatic carbocycles. The van der Waals surface area contributed by atoms with Gasteiger partial charge < -0.3 is 14.5 Å². The molecule has 4 nitrogen and oxygen atoms in total. The molecule has 0 bridgehead atoms. The molecular formula is C17H22ClFN2O2. The van der Waals surface area contributed by atoms with Crippen LogP contribution in [0, 0.1) is 5.82 Å². The predicted octanol–water partition coefficient (Wildman–Crippen LogP) is 3.00. The number of rotatable bonds is 6. The van der Waals surface area contributed by atoms with Gasteiger partial charge in [-0.05, 0) is 29.8 Å². The maximum Gasteiger partial charge on any atom is 0.123 e. The van der Waals surface area contributed by atoms with Gasteiger partial charge in [0, 0.05) is 25.7 Å². The van der Waals surface area contributed by atoms with Crippen LogP contribution in [0.3, 0.4) is 0 Å². The van der Waals surface area contributed by atoms with Crippen molar-refractivity contribution in [1.82, 2.24) is 10.2 Å². The number of halogens is 2. The highest BCUT2D eigenvalue weighted by atomic mass is 35.5. The van der Waals surface area contributed by atoms with Gasteiger partial charge >= 0.3 is 0 Å². The molecule has 0 amide bonds. The van der Waals surface area contributed by atoms with Gasteiger partial charge in [0.15, 0.2) is 0 Å². The first kappa shape index (κ1) is 17.9. The lowest BCUT2D eigenvalue weighted by Gasteiger charge is -2.35. The van der Waals surface area contributed by atoms with Crippen LogP contribution in [0.1, 0.15) is 17.4 Å². The van der Waals surface area contributed by atoms with Gasteiger partial charge in [-0.15, -0.1) is 12.4 Å². The number of morpholine rings is 1. The zero-order chi connectivity index (χ0) is 15.2. The molecule has 126 valence electrons. The Kier molecular flexibility index (Phi) is 7.05. The second kappa shape index (κ2) is 9.03. The van der Waals surface area contributed by atoms with Gasteiger partial charge in [-0.25, -0.2) is 4.39 Å². The maximum atomic E-state index is 13.6. The van der Waals surface area contributed by atoms with E-state index in [4.69, 9.17) is 9.15 Å². The van der Waals surface area contributed by atoms with Crippen molar-refractivity contribution in [3.63, 3.8) is 0 Å². The summed E-state index contributed by atoms with van der Waals surface area (Å²) in [5, 5.41) is 3.40. The third-order valence-corrected chi connectivity index (χ3v) is 3.94. The Morgan fingerprint density at radius 3 is 2.70 bits per heavy atom. The zero-order valence-electron chi connectivity index (χ0n) is 12.9. The van der Waals surface area contributed by atoms with Crippen molar-refractivity contribution in [2.24, 2.45) is 0 Å². The van der Waals surface area contributed by atoms with Crippen LogP contribution >= 0.6 is 12.4 Å². The van der Waals surface area contributed by atoms with Crippen LogP contribution < -0.4 is 5.32 Å². The number of hydrogen-bond acceptors (Lipinski definition) is 4. The number of ether oxygens (including phenoxy) is 1. The smallest absolute Gasteiger partial charge is 0.123 e. The van der Waals surface area contributed by atoms with Crippen molar-refractivity contribution in [1.29, 1.82) is 0 Å². The van der Waals surface area contributed by atoms with E-state index >= 15 is 0 Å². The van der Waals surface area contributed by atoms with E-state index in [0.29, 0.717) is 6.54 Å². The molecule has 2 aromatic rings. The van der Waals surface area contributed by atoms with E-state index in [2.05, 4.69) is 10.2 Å². The molecule has 1 N–H and O–H groups in total. The van der Waals surface area contributed by atoms with Crippen LogP contribution in [0.2, 0.25) is 0 Å². The second-order valence-electron chi connectivity index (χ2n) is 5.43. The maximum absolute atomic E-state index is 13.6. The normalized spacial score (nSPS) is 16.7. The fourth-order valence-electron chi connectivity index (χ4n) is 2.81. The molecule has 6 heteroatoms. The standard InChI is InChI=1S/C17H21FN2O2.ClH/c18-15-4-1-3-14(11-15)17(20-6-9-21-10-7-20)13-19-12-16-5-2-8-22-16;/h1-5,8,11,17,19H,6-7,9-10,12-13H2;1H. The fourth-order valence-corrected chi connectivity index (χ4v) is 2.81. The predicted molar refractivity (Wildman–Crippen MR) is 89.2 cm³/mol. The Bertz CT molecular complexity index is 574. The highest BCUT2D eigenvalue weighted by molar-refractivity contribution is 5.85.